The van der Waals surface area contributed by atoms with E-state index in [0.29, 0.717) is 18.2 Å². The number of carbonyl (C=O) groups is 1. The number of benzene rings is 2. The Kier molecular flexibility index (Phi) is 5.06. The molecule has 1 amide bonds. The lowest BCUT2D eigenvalue weighted by Crippen LogP contribution is -2.56. The second-order valence-electron chi connectivity index (χ2n) is 6.74. The Labute approximate surface area is 167 Å². The summed E-state index contributed by atoms with van der Waals surface area (Å²) in [6.07, 6.45) is 2.80. The third-order valence-corrected chi connectivity index (χ3v) is 6.24. The van der Waals surface area contributed by atoms with Gasteiger partial charge in [-0.25, -0.2) is 4.39 Å². The molecule has 2 aliphatic heterocycles. The Bertz CT molecular complexity index is 887. The van der Waals surface area contributed by atoms with Crippen molar-refractivity contribution in [2.45, 2.75) is 17.4 Å². The number of piperazine rings is 1. The maximum Gasteiger partial charge on any atom is 0.242 e. The molecule has 7 heteroatoms. The molecule has 0 saturated carbocycles. The zero-order valence-electron chi connectivity index (χ0n) is 14.9. The van der Waals surface area contributed by atoms with Gasteiger partial charge in [0.25, 0.3) is 0 Å². The van der Waals surface area contributed by atoms with Gasteiger partial charge in [0.1, 0.15) is 5.82 Å². The molecule has 0 bridgehead atoms. The lowest BCUT2D eigenvalue weighted by atomic mass is 9.90. The highest BCUT2D eigenvalue weighted by Gasteiger charge is 2.37. The lowest BCUT2D eigenvalue weighted by molar-refractivity contribution is -0.138. The summed E-state index contributed by atoms with van der Waals surface area (Å²) in [6.45, 7) is 1.49. The van der Waals surface area contributed by atoms with Gasteiger partial charge >= 0.3 is 0 Å². The maximum absolute atomic E-state index is 13.8. The van der Waals surface area contributed by atoms with Gasteiger partial charge in [0.2, 0.25) is 5.91 Å². The van der Waals surface area contributed by atoms with Gasteiger partial charge in [-0.1, -0.05) is 6.07 Å². The summed E-state index contributed by atoms with van der Waals surface area (Å²) in [6, 6.07) is 12.7. The van der Waals surface area contributed by atoms with Gasteiger partial charge in [-0.15, -0.1) is 11.8 Å². The minimum Gasteiger partial charge on any atom is -0.337 e. The minimum atomic E-state index is -0.269. The highest BCUT2D eigenvalue weighted by molar-refractivity contribution is 7.98. The Morgan fingerprint density at radius 3 is 2.78 bits per heavy atom. The zero-order chi connectivity index (χ0) is 19.0. The van der Waals surface area contributed by atoms with E-state index in [0.717, 1.165) is 23.2 Å². The first-order valence-corrected chi connectivity index (χ1v) is 10.5. The van der Waals surface area contributed by atoms with Gasteiger partial charge in [0, 0.05) is 23.7 Å². The van der Waals surface area contributed by atoms with Crippen molar-refractivity contribution in [3.8, 4) is 0 Å². The number of hydrogen-bond donors (Lipinski definition) is 1. The Morgan fingerprint density at radius 2 is 2.04 bits per heavy atom. The van der Waals surface area contributed by atoms with E-state index in [1.807, 2.05) is 46.4 Å². The molecule has 2 aromatic carbocycles. The van der Waals surface area contributed by atoms with Gasteiger partial charge in [0.05, 0.1) is 12.6 Å². The van der Waals surface area contributed by atoms with Crippen molar-refractivity contribution in [3.05, 3.63) is 59.4 Å². The fraction of sp³-hybridized carbons (Fsp3) is 0.300. The van der Waals surface area contributed by atoms with Crippen LogP contribution < -0.4 is 5.32 Å². The maximum atomic E-state index is 13.8. The molecule has 1 N–H and O–H groups in total. The Morgan fingerprint density at radius 1 is 1.26 bits per heavy atom. The van der Waals surface area contributed by atoms with Crippen LogP contribution in [0.2, 0.25) is 0 Å². The first-order valence-electron chi connectivity index (χ1n) is 8.83. The number of carbonyl (C=O) groups excluding carboxylic acids is 1. The van der Waals surface area contributed by atoms with Crippen LogP contribution in [0.25, 0.3) is 0 Å². The lowest BCUT2D eigenvalue weighted by Gasteiger charge is -2.45. The summed E-state index contributed by atoms with van der Waals surface area (Å²) in [5.74, 6) is -0.238. The van der Waals surface area contributed by atoms with Crippen molar-refractivity contribution in [3.63, 3.8) is 0 Å². The summed E-state index contributed by atoms with van der Waals surface area (Å²) in [5.41, 5.74) is 2.90. The van der Waals surface area contributed by atoms with Crippen molar-refractivity contribution in [2.24, 2.45) is 0 Å². The number of thioether (sulfide) groups is 1. The van der Waals surface area contributed by atoms with Crippen LogP contribution in [0.1, 0.15) is 17.2 Å². The molecule has 0 aliphatic carbocycles. The van der Waals surface area contributed by atoms with Crippen LogP contribution in [0.5, 0.6) is 0 Å². The van der Waals surface area contributed by atoms with Crippen molar-refractivity contribution in [1.29, 1.82) is 0 Å². The molecule has 1 atom stereocenters. The van der Waals surface area contributed by atoms with Gasteiger partial charge in [-0.2, -0.15) is 0 Å². The highest BCUT2D eigenvalue weighted by Crippen LogP contribution is 2.33. The monoisotopic (exact) mass is 401 g/mol. The van der Waals surface area contributed by atoms with Crippen LogP contribution in [0.15, 0.2) is 47.4 Å². The molecule has 1 unspecified atom stereocenters. The smallest absolute Gasteiger partial charge is 0.242 e. The van der Waals surface area contributed by atoms with Crippen LogP contribution in [-0.2, 0) is 11.2 Å². The van der Waals surface area contributed by atoms with E-state index in [1.54, 1.807) is 17.8 Å². The molecule has 0 aromatic heterocycles. The predicted molar refractivity (Wildman–Crippen MR) is 111 cm³/mol. The van der Waals surface area contributed by atoms with E-state index in [9.17, 15) is 9.18 Å². The fourth-order valence-electron chi connectivity index (χ4n) is 3.72. The molecular formula is C20H20FN3OS2. The highest BCUT2D eigenvalue weighted by atomic mass is 32.2. The zero-order valence-corrected chi connectivity index (χ0v) is 16.6. The first kappa shape index (κ1) is 18.3. The number of hydrogen-bond acceptors (Lipinski definition) is 3. The average molecular weight is 402 g/mol. The number of nitrogens with zero attached hydrogens (tertiary/aromatic N) is 2. The first-order chi connectivity index (χ1) is 13.0. The molecular weight excluding hydrogens is 381 g/mol. The van der Waals surface area contributed by atoms with Gasteiger partial charge < -0.3 is 15.1 Å². The third-order valence-electron chi connectivity index (χ3n) is 5.13. The molecule has 0 radical (unpaired) electrons. The van der Waals surface area contributed by atoms with Crippen molar-refractivity contribution in [2.75, 3.05) is 31.2 Å². The number of amides is 1. The van der Waals surface area contributed by atoms with E-state index in [1.165, 1.54) is 11.0 Å². The van der Waals surface area contributed by atoms with Crippen molar-refractivity contribution in [1.82, 2.24) is 9.80 Å². The van der Waals surface area contributed by atoms with Crippen LogP contribution >= 0.6 is 24.0 Å². The second kappa shape index (κ2) is 7.48. The van der Waals surface area contributed by atoms with Crippen molar-refractivity contribution >= 4 is 40.7 Å². The SMILES string of the molecule is CSc1ccc(NC(=S)N2CC(=O)N3CCc4ccc(F)cc4C3C2)cc1. The average Bonchev–Trinajstić information content (AvgIpc) is 2.68. The van der Waals surface area contributed by atoms with Crippen LogP contribution in [0.4, 0.5) is 10.1 Å². The molecule has 2 aromatic rings. The van der Waals surface area contributed by atoms with Crippen LogP contribution in [-0.4, -0.2) is 46.7 Å². The number of anilines is 1. The fourth-order valence-corrected chi connectivity index (χ4v) is 4.39. The van der Waals surface area contributed by atoms with Crippen LogP contribution in [0.3, 0.4) is 0 Å². The number of rotatable bonds is 2. The quantitative estimate of drug-likeness (QED) is 0.614. The van der Waals surface area contributed by atoms with E-state index in [-0.39, 0.29) is 24.3 Å². The van der Waals surface area contributed by atoms with E-state index < -0.39 is 0 Å². The van der Waals surface area contributed by atoms with Gasteiger partial charge in [-0.3, -0.25) is 4.79 Å². The van der Waals surface area contributed by atoms with E-state index in [4.69, 9.17) is 12.2 Å². The number of fused-ring (bicyclic) bond motifs is 3. The van der Waals surface area contributed by atoms with E-state index in [2.05, 4.69) is 5.32 Å². The molecule has 27 heavy (non-hydrogen) atoms. The molecule has 1 saturated heterocycles. The Hall–Kier alpha value is -2.12. The summed E-state index contributed by atoms with van der Waals surface area (Å²) in [7, 11) is 0. The normalized spacial score (nSPS) is 18.7. The second-order valence-corrected chi connectivity index (χ2v) is 8.00. The minimum absolute atomic E-state index is 0.0306. The molecule has 4 rings (SSSR count). The van der Waals surface area contributed by atoms with Crippen LogP contribution in [0, 0.1) is 5.82 Å². The molecule has 4 nitrogen and oxygen atoms in total. The molecule has 2 heterocycles. The third kappa shape index (κ3) is 3.66. The number of nitrogens with one attached hydrogen (secondary N) is 1. The largest absolute Gasteiger partial charge is 0.337 e. The molecule has 0 spiro atoms. The predicted octanol–water partition coefficient (Wildman–Crippen LogP) is 3.69. The summed E-state index contributed by atoms with van der Waals surface area (Å²) < 4.78 is 13.8. The van der Waals surface area contributed by atoms with Crippen molar-refractivity contribution < 1.29 is 9.18 Å². The van der Waals surface area contributed by atoms with Gasteiger partial charge in [-0.05, 0) is 72.4 Å². The van der Waals surface area contributed by atoms with Gasteiger partial charge in [0.15, 0.2) is 5.11 Å². The standard InChI is InChI=1S/C20H20FN3OS2/c1-27-16-6-4-15(5-7-16)22-20(26)23-11-18-17-10-14(21)3-2-13(17)8-9-24(18)19(25)12-23/h2-7,10,18H,8-9,11-12H2,1H3,(H,22,26). The molecule has 2 aliphatic rings. The topological polar surface area (TPSA) is 35.6 Å². The number of thiocarbonyl (C=S) groups is 1. The Balaban J connectivity index is 1.53. The summed E-state index contributed by atoms with van der Waals surface area (Å²) in [4.78, 5) is 17.6. The molecule has 1 fully saturated rings. The number of halogens is 1. The summed E-state index contributed by atoms with van der Waals surface area (Å²) >= 11 is 7.23. The van der Waals surface area contributed by atoms with E-state index >= 15 is 0 Å². The summed E-state index contributed by atoms with van der Waals surface area (Å²) in [5, 5.41) is 3.73. The molecule has 140 valence electrons.